The van der Waals surface area contributed by atoms with Crippen LogP contribution in [-0.4, -0.2) is 48.4 Å². The summed E-state index contributed by atoms with van der Waals surface area (Å²) in [5.41, 5.74) is 1.28. The quantitative estimate of drug-likeness (QED) is 0.498. The van der Waals surface area contributed by atoms with Gasteiger partial charge in [0.2, 0.25) is 5.91 Å². The molecule has 2 amide bonds. The van der Waals surface area contributed by atoms with Crippen LogP contribution in [0.1, 0.15) is 21.7 Å². The van der Waals surface area contributed by atoms with Crippen molar-refractivity contribution in [3.63, 3.8) is 0 Å². The lowest BCUT2D eigenvalue weighted by atomic mass is 10.2. The maximum absolute atomic E-state index is 13.3. The fourth-order valence-corrected chi connectivity index (χ4v) is 3.11. The molecule has 6 nitrogen and oxygen atoms in total. The standard InChI is InChI=1S/C24H25FN2O4/c1-30-15-13-26(24(29)20-6-3-2-4-7-20)18-23(28)27(17-22-8-5-14-31-22)16-19-9-11-21(25)12-10-19/h2-12,14H,13,15-18H2,1H3. The highest BCUT2D eigenvalue weighted by atomic mass is 19.1. The molecule has 0 aliphatic carbocycles. The lowest BCUT2D eigenvalue weighted by Gasteiger charge is -2.27. The number of halogens is 1. The first-order valence-electron chi connectivity index (χ1n) is 9.94. The largest absolute Gasteiger partial charge is 0.467 e. The molecule has 162 valence electrons. The normalized spacial score (nSPS) is 10.6. The number of methoxy groups -OCH3 is 1. The molecule has 0 spiro atoms. The molecule has 0 aliphatic heterocycles. The molecule has 0 bridgehead atoms. The Hall–Kier alpha value is -3.45. The van der Waals surface area contributed by atoms with E-state index in [0.29, 0.717) is 17.9 Å². The van der Waals surface area contributed by atoms with E-state index in [-0.39, 0.29) is 43.8 Å². The van der Waals surface area contributed by atoms with Gasteiger partial charge in [0.25, 0.3) is 5.91 Å². The fraction of sp³-hybridized carbons (Fsp3) is 0.250. The Balaban J connectivity index is 1.78. The summed E-state index contributed by atoms with van der Waals surface area (Å²) in [6.45, 7) is 0.973. The van der Waals surface area contributed by atoms with Crippen molar-refractivity contribution in [3.05, 3.63) is 95.7 Å². The molecule has 0 N–H and O–H groups in total. The summed E-state index contributed by atoms with van der Waals surface area (Å²) in [5.74, 6) is -0.216. The summed E-state index contributed by atoms with van der Waals surface area (Å²) in [6.07, 6.45) is 1.54. The molecule has 0 unspecified atom stereocenters. The van der Waals surface area contributed by atoms with Gasteiger partial charge in [0.15, 0.2) is 0 Å². The number of furan rings is 1. The Morgan fingerprint density at radius 1 is 0.935 bits per heavy atom. The molecule has 1 aromatic heterocycles. The molecule has 0 fully saturated rings. The zero-order valence-electron chi connectivity index (χ0n) is 17.4. The second-order valence-corrected chi connectivity index (χ2v) is 7.04. The highest BCUT2D eigenvalue weighted by Gasteiger charge is 2.23. The van der Waals surface area contributed by atoms with Crippen LogP contribution in [0.15, 0.2) is 77.4 Å². The van der Waals surface area contributed by atoms with Gasteiger partial charge in [-0.2, -0.15) is 0 Å². The van der Waals surface area contributed by atoms with Gasteiger partial charge in [0, 0.05) is 25.8 Å². The van der Waals surface area contributed by atoms with Crippen LogP contribution in [0.3, 0.4) is 0 Å². The molecule has 0 radical (unpaired) electrons. The molecular weight excluding hydrogens is 399 g/mol. The lowest BCUT2D eigenvalue weighted by Crippen LogP contribution is -2.43. The summed E-state index contributed by atoms with van der Waals surface area (Å²) >= 11 is 0. The van der Waals surface area contributed by atoms with Crippen molar-refractivity contribution in [1.82, 2.24) is 9.80 Å². The Morgan fingerprint density at radius 3 is 2.32 bits per heavy atom. The van der Waals surface area contributed by atoms with Crippen molar-refractivity contribution in [1.29, 1.82) is 0 Å². The maximum atomic E-state index is 13.3. The molecule has 2 aromatic carbocycles. The molecule has 7 heteroatoms. The average molecular weight is 424 g/mol. The van der Waals surface area contributed by atoms with Crippen LogP contribution in [0.2, 0.25) is 0 Å². The highest BCUT2D eigenvalue weighted by molar-refractivity contribution is 5.96. The Labute approximate surface area is 180 Å². The van der Waals surface area contributed by atoms with Crippen molar-refractivity contribution in [2.24, 2.45) is 0 Å². The molecule has 0 saturated heterocycles. The van der Waals surface area contributed by atoms with Crippen LogP contribution in [-0.2, 0) is 22.6 Å². The third-order valence-corrected chi connectivity index (χ3v) is 4.77. The van der Waals surface area contributed by atoms with Gasteiger partial charge < -0.3 is 19.0 Å². The number of hydrogen-bond donors (Lipinski definition) is 0. The van der Waals surface area contributed by atoms with E-state index in [1.54, 1.807) is 66.8 Å². The number of carbonyl (C=O) groups excluding carboxylic acids is 2. The molecule has 3 aromatic rings. The Bertz CT molecular complexity index is 959. The van der Waals surface area contributed by atoms with E-state index in [2.05, 4.69) is 0 Å². The predicted octanol–water partition coefficient (Wildman–Crippen LogP) is 3.74. The average Bonchev–Trinajstić information content (AvgIpc) is 3.31. The topological polar surface area (TPSA) is 63.0 Å². The number of benzene rings is 2. The molecule has 0 saturated carbocycles. The Morgan fingerprint density at radius 2 is 1.68 bits per heavy atom. The smallest absolute Gasteiger partial charge is 0.254 e. The van der Waals surface area contributed by atoms with Gasteiger partial charge in [-0.05, 0) is 42.0 Å². The van der Waals surface area contributed by atoms with Gasteiger partial charge >= 0.3 is 0 Å². The van der Waals surface area contributed by atoms with Crippen molar-refractivity contribution in [3.8, 4) is 0 Å². The molecule has 1 heterocycles. The zero-order chi connectivity index (χ0) is 22.1. The SMILES string of the molecule is COCCN(CC(=O)N(Cc1ccc(F)cc1)Cc1ccco1)C(=O)c1ccccc1. The van der Waals surface area contributed by atoms with Crippen molar-refractivity contribution in [2.75, 3.05) is 26.8 Å². The van der Waals surface area contributed by atoms with Gasteiger partial charge in [-0.3, -0.25) is 9.59 Å². The van der Waals surface area contributed by atoms with Gasteiger partial charge in [-0.1, -0.05) is 30.3 Å². The fourth-order valence-electron chi connectivity index (χ4n) is 3.11. The molecule has 0 atom stereocenters. The summed E-state index contributed by atoms with van der Waals surface area (Å²) in [5, 5.41) is 0. The number of nitrogens with zero attached hydrogens (tertiary/aromatic N) is 2. The molecule has 3 rings (SSSR count). The third kappa shape index (κ3) is 6.52. The van der Waals surface area contributed by atoms with Crippen molar-refractivity contribution in [2.45, 2.75) is 13.1 Å². The van der Waals surface area contributed by atoms with Gasteiger partial charge in [0.1, 0.15) is 18.1 Å². The first kappa shape index (κ1) is 22.2. The number of rotatable bonds is 10. The van der Waals surface area contributed by atoms with Crippen LogP contribution in [0.25, 0.3) is 0 Å². The minimum Gasteiger partial charge on any atom is -0.467 e. The minimum atomic E-state index is -0.341. The molecular formula is C24H25FN2O4. The number of hydrogen-bond acceptors (Lipinski definition) is 4. The lowest BCUT2D eigenvalue weighted by molar-refractivity contribution is -0.133. The van der Waals surface area contributed by atoms with E-state index in [1.165, 1.54) is 17.0 Å². The zero-order valence-corrected chi connectivity index (χ0v) is 17.4. The minimum absolute atomic E-state index is 0.112. The summed E-state index contributed by atoms with van der Waals surface area (Å²) < 4.78 is 23.8. The van der Waals surface area contributed by atoms with E-state index in [9.17, 15) is 14.0 Å². The first-order valence-corrected chi connectivity index (χ1v) is 9.94. The van der Waals surface area contributed by atoms with E-state index >= 15 is 0 Å². The summed E-state index contributed by atoms with van der Waals surface area (Å²) in [4.78, 5) is 29.2. The van der Waals surface area contributed by atoms with E-state index in [1.807, 2.05) is 6.07 Å². The number of ether oxygens (including phenoxy) is 1. The predicted molar refractivity (Wildman–Crippen MR) is 114 cm³/mol. The van der Waals surface area contributed by atoms with Crippen molar-refractivity contribution < 1.29 is 23.1 Å². The second-order valence-electron chi connectivity index (χ2n) is 7.04. The Kier molecular flexibility index (Phi) is 7.95. The van der Waals surface area contributed by atoms with Crippen LogP contribution in [0.4, 0.5) is 4.39 Å². The van der Waals surface area contributed by atoms with Crippen LogP contribution >= 0.6 is 0 Å². The third-order valence-electron chi connectivity index (χ3n) is 4.77. The van der Waals surface area contributed by atoms with E-state index in [0.717, 1.165) is 5.56 Å². The number of amides is 2. The van der Waals surface area contributed by atoms with Crippen molar-refractivity contribution >= 4 is 11.8 Å². The highest BCUT2D eigenvalue weighted by Crippen LogP contribution is 2.13. The first-order chi connectivity index (χ1) is 15.1. The number of carbonyl (C=O) groups is 2. The molecule has 0 aliphatic rings. The monoisotopic (exact) mass is 424 g/mol. The van der Waals surface area contributed by atoms with E-state index < -0.39 is 0 Å². The summed E-state index contributed by atoms with van der Waals surface area (Å²) in [7, 11) is 1.55. The van der Waals surface area contributed by atoms with E-state index in [4.69, 9.17) is 9.15 Å². The second kappa shape index (κ2) is 11.1. The van der Waals surface area contributed by atoms with Crippen LogP contribution < -0.4 is 0 Å². The van der Waals surface area contributed by atoms with Crippen LogP contribution in [0.5, 0.6) is 0 Å². The summed E-state index contributed by atoms with van der Waals surface area (Å²) in [6, 6.07) is 18.3. The van der Waals surface area contributed by atoms with Gasteiger partial charge in [-0.25, -0.2) is 4.39 Å². The van der Waals surface area contributed by atoms with Gasteiger partial charge in [0.05, 0.1) is 19.4 Å². The molecule has 31 heavy (non-hydrogen) atoms. The van der Waals surface area contributed by atoms with Crippen LogP contribution in [0, 0.1) is 5.82 Å². The maximum Gasteiger partial charge on any atom is 0.254 e. The van der Waals surface area contributed by atoms with Gasteiger partial charge in [-0.15, -0.1) is 0 Å².